The lowest BCUT2D eigenvalue weighted by Crippen LogP contribution is -2.40. The molecular formula is C9H17NS2. The van der Waals surface area contributed by atoms with Crippen molar-refractivity contribution in [2.75, 3.05) is 6.54 Å². The maximum absolute atomic E-state index is 5.10. The number of piperidine rings is 1. The highest BCUT2D eigenvalue weighted by Gasteiger charge is 2.21. The largest absolute Gasteiger partial charge is 0.355 e. The van der Waals surface area contributed by atoms with Crippen LogP contribution in [-0.4, -0.2) is 21.8 Å². The van der Waals surface area contributed by atoms with Crippen LogP contribution < -0.4 is 0 Å². The average Bonchev–Trinajstić information content (AvgIpc) is 2.05. The van der Waals surface area contributed by atoms with Crippen molar-refractivity contribution in [2.24, 2.45) is 0 Å². The van der Waals surface area contributed by atoms with E-state index in [0.717, 1.165) is 10.9 Å². The Morgan fingerprint density at radius 3 is 2.92 bits per heavy atom. The Bertz CT molecular complexity index is 157. The molecule has 1 unspecified atom stereocenters. The molecule has 70 valence electrons. The van der Waals surface area contributed by atoms with E-state index in [2.05, 4.69) is 24.5 Å². The lowest BCUT2D eigenvalue weighted by molar-refractivity contribution is 0.236. The second-order valence-corrected chi connectivity index (χ2v) is 4.53. The predicted molar refractivity (Wildman–Crippen MR) is 60.8 cm³/mol. The van der Waals surface area contributed by atoms with Gasteiger partial charge in [0.1, 0.15) is 4.32 Å². The molecule has 0 amide bonds. The molecule has 1 aliphatic rings. The Labute approximate surface area is 85.9 Å². The lowest BCUT2D eigenvalue weighted by atomic mass is 9.99. The zero-order valence-electron chi connectivity index (χ0n) is 7.62. The van der Waals surface area contributed by atoms with Crippen LogP contribution in [0.4, 0.5) is 0 Å². The molecule has 0 radical (unpaired) electrons. The van der Waals surface area contributed by atoms with Gasteiger partial charge in [0.25, 0.3) is 0 Å². The van der Waals surface area contributed by atoms with Gasteiger partial charge in [0.05, 0.1) is 0 Å². The van der Waals surface area contributed by atoms with E-state index in [-0.39, 0.29) is 0 Å². The Morgan fingerprint density at radius 2 is 2.33 bits per heavy atom. The third-order valence-electron chi connectivity index (χ3n) is 2.49. The van der Waals surface area contributed by atoms with Crippen molar-refractivity contribution in [3.63, 3.8) is 0 Å². The molecule has 1 saturated heterocycles. The van der Waals surface area contributed by atoms with Crippen molar-refractivity contribution in [3.05, 3.63) is 0 Å². The van der Waals surface area contributed by atoms with E-state index >= 15 is 0 Å². The second-order valence-electron chi connectivity index (χ2n) is 3.41. The van der Waals surface area contributed by atoms with E-state index in [0.29, 0.717) is 6.04 Å². The van der Waals surface area contributed by atoms with Crippen LogP contribution in [0.15, 0.2) is 0 Å². The fourth-order valence-electron chi connectivity index (χ4n) is 1.89. The van der Waals surface area contributed by atoms with Crippen molar-refractivity contribution in [1.29, 1.82) is 0 Å². The first-order valence-corrected chi connectivity index (χ1v) is 5.60. The van der Waals surface area contributed by atoms with E-state index in [9.17, 15) is 0 Å². The molecule has 0 bridgehead atoms. The zero-order valence-corrected chi connectivity index (χ0v) is 9.33. The summed E-state index contributed by atoms with van der Waals surface area (Å²) < 4.78 is 0.785. The number of hydrogen-bond acceptors (Lipinski definition) is 1. The van der Waals surface area contributed by atoms with Crippen LogP contribution in [0.3, 0.4) is 0 Å². The molecule has 0 aromatic rings. The average molecular weight is 203 g/mol. The van der Waals surface area contributed by atoms with E-state index in [1.807, 2.05) is 0 Å². The molecule has 0 aromatic heterocycles. The molecule has 0 aromatic carbocycles. The van der Waals surface area contributed by atoms with Crippen molar-refractivity contribution >= 4 is 29.2 Å². The predicted octanol–water partition coefficient (Wildman–Crippen LogP) is 2.86. The zero-order chi connectivity index (χ0) is 8.97. The van der Waals surface area contributed by atoms with Gasteiger partial charge in [0.15, 0.2) is 0 Å². The summed E-state index contributed by atoms with van der Waals surface area (Å²) in [7, 11) is 0. The van der Waals surface area contributed by atoms with Crippen LogP contribution in [0.5, 0.6) is 0 Å². The van der Waals surface area contributed by atoms with Crippen molar-refractivity contribution in [1.82, 2.24) is 4.90 Å². The summed E-state index contributed by atoms with van der Waals surface area (Å²) in [6.07, 6.45) is 6.45. The topological polar surface area (TPSA) is 3.24 Å². The minimum Gasteiger partial charge on any atom is -0.355 e. The molecule has 3 heteroatoms. The van der Waals surface area contributed by atoms with Crippen LogP contribution in [0.1, 0.15) is 39.0 Å². The first kappa shape index (κ1) is 10.3. The van der Waals surface area contributed by atoms with Gasteiger partial charge in [-0.2, -0.15) is 0 Å². The second kappa shape index (κ2) is 5.07. The maximum Gasteiger partial charge on any atom is 0.133 e. The van der Waals surface area contributed by atoms with Crippen molar-refractivity contribution < 1.29 is 0 Å². The van der Waals surface area contributed by atoms with Gasteiger partial charge in [0.2, 0.25) is 0 Å². The summed E-state index contributed by atoms with van der Waals surface area (Å²) in [6.45, 7) is 3.35. The molecule has 1 atom stereocenters. The molecule has 12 heavy (non-hydrogen) atoms. The third kappa shape index (κ3) is 2.63. The number of thiol groups is 1. The molecule has 0 aliphatic carbocycles. The van der Waals surface area contributed by atoms with Crippen LogP contribution in [0.2, 0.25) is 0 Å². The molecule has 1 heterocycles. The molecular weight excluding hydrogens is 186 g/mol. The standard InChI is InChI=1S/C9H17NS2/c1-2-5-8-6-3-4-7-10(8)9(11)12/h8H,2-7H2,1H3,(H,11,12). The summed E-state index contributed by atoms with van der Waals surface area (Å²) in [4.78, 5) is 2.28. The number of nitrogens with zero attached hydrogens (tertiary/aromatic N) is 1. The normalized spacial score (nSPS) is 24.2. The van der Waals surface area contributed by atoms with Gasteiger partial charge in [-0.15, -0.1) is 12.6 Å². The highest BCUT2D eigenvalue weighted by molar-refractivity contribution is 8.10. The SMILES string of the molecule is CCCC1CCCCN1C(=S)S. The van der Waals surface area contributed by atoms with Crippen LogP contribution >= 0.6 is 24.8 Å². The molecule has 1 rings (SSSR count). The van der Waals surface area contributed by atoms with E-state index in [4.69, 9.17) is 12.2 Å². The number of thiocarbonyl (C=S) groups is 1. The Morgan fingerprint density at radius 1 is 1.58 bits per heavy atom. The smallest absolute Gasteiger partial charge is 0.133 e. The Hall–Kier alpha value is 0.240. The minimum absolute atomic E-state index is 0.675. The van der Waals surface area contributed by atoms with Gasteiger partial charge in [-0.05, 0) is 25.7 Å². The molecule has 1 aliphatic heterocycles. The summed E-state index contributed by atoms with van der Waals surface area (Å²) >= 11 is 9.35. The summed E-state index contributed by atoms with van der Waals surface area (Å²) in [6, 6.07) is 0.675. The van der Waals surface area contributed by atoms with Crippen molar-refractivity contribution in [2.45, 2.75) is 45.1 Å². The molecule has 0 N–H and O–H groups in total. The fourth-order valence-corrected chi connectivity index (χ4v) is 2.39. The first-order chi connectivity index (χ1) is 5.75. The number of rotatable bonds is 2. The van der Waals surface area contributed by atoms with Crippen LogP contribution in [0, 0.1) is 0 Å². The van der Waals surface area contributed by atoms with Gasteiger partial charge < -0.3 is 4.90 Å². The first-order valence-electron chi connectivity index (χ1n) is 4.75. The van der Waals surface area contributed by atoms with Gasteiger partial charge >= 0.3 is 0 Å². The summed E-state index contributed by atoms with van der Waals surface area (Å²) in [5.74, 6) is 0. The van der Waals surface area contributed by atoms with Gasteiger partial charge in [-0.3, -0.25) is 0 Å². The quantitative estimate of drug-likeness (QED) is 0.543. The van der Waals surface area contributed by atoms with Crippen LogP contribution in [-0.2, 0) is 0 Å². The Kier molecular flexibility index (Phi) is 4.36. The Balaban J connectivity index is 2.48. The lowest BCUT2D eigenvalue weighted by Gasteiger charge is -2.36. The molecule has 1 fully saturated rings. The fraction of sp³-hybridized carbons (Fsp3) is 0.889. The van der Waals surface area contributed by atoms with E-state index in [1.54, 1.807) is 0 Å². The summed E-state index contributed by atoms with van der Waals surface area (Å²) in [5, 5.41) is 0. The number of likely N-dealkylation sites (tertiary alicyclic amines) is 1. The van der Waals surface area contributed by atoms with Gasteiger partial charge in [-0.25, -0.2) is 0 Å². The van der Waals surface area contributed by atoms with Gasteiger partial charge in [-0.1, -0.05) is 25.6 Å². The van der Waals surface area contributed by atoms with Gasteiger partial charge in [0, 0.05) is 12.6 Å². The number of hydrogen-bond donors (Lipinski definition) is 1. The maximum atomic E-state index is 5.10. The molecule has 1 nitrogen and oxygen atoms in total. The van der Waals surface area contributed by atoms with Crippen molar-refractivity contribution in [3.8, 4) is 0 Å². The minimum atomic E-state index is 0.675. The summed E-state index contributed by atoms with van der Waals surface area (Å²) in [5.41, 5.74) is 0. The third-order valence-corrected chi connectivity index (χ3v) is 2.99. The van der Waals surface area contributed by atoms with Crippen LogP contribution in [0.25, 0.3) is 0 Å². The highest BCUT2D eigenvalue weighted by Crippen LogP contribution is 2.21. The highest BCUT2D eigenvalue weighted by atomic mass is 32.1. The monoisotopic (exact) mass is 203 g/mol. The molecule has 0 saturated carbocycles. The van der Waals surface area contributed by atoms with E-state index < -0.39 is 0 Å². The molecule has 0 spiro atoms. The van der Waals surface area contributed by atoms with E-state index in [1.165, 1.54) is 32.1 Å².